The molecule has 0 aliphatic heterocycles. The first-order chi connectivity index (χ1) is 13.6. The number of hydrogen-bond donors (Lipinski definition) is 0. The van der Waals surface area contributed by atoms with Crippen molar-refractivity contribution in [3.8, 4) is 5.75 Å². The molecule has 0 spiro atoms. The van der Waals surface area contributed by atoms with Gasteiger partial charge in [-0.2, -0.15) is 0 Å². The van der Waals surface area contributed by atoms with Crippen LogP contribution in [0.25, 0.3) is 0 Å². The number of nitrogens with zero attached hydrogens (tertiary/aromatic N) is 2. The van der Waals surface area contributed by atoms with E-state index in [1.54, 1.807) is 33.2 Å². The maximum absolute atomic E-state index is 13.5. The van der Waals surface area contributed by atoms with Gasteiger partial charge in [0, 0.05) is 13.6 Å². The predicted octanol–water partition coefficient (Wildman–Crippen LogP) is 3.69. The van der Waals surface area contributed by atoms with Gasteiger partial charge in [0.2, 0.25) is 15.9 Å². The lowest BCUT2D eigenvalue weighted by atomic mass is 10.1. The standard InChI is InChI=1S/C20H24ClFN2O4S/c1-5-19(20(25)23(2)13-14-6-9-16(28-3)10-7-14)24(29(4,26)27)15-8-11-18(22)17(21)12-15/h6-12,19H,5,13H2,1-4H3/t19-/m0/s1. The normalized spacial score (nSPS) is 12.3. The van der Waals surface area contributed by atoms with Gasteiger partial charge in [-0.3, -0.25) is 9.10 Å². The lowest BCUT2D eigenvalue weighted by Gasteiger charge is -2.33. The molecule has 1 atom stereocenters. The van der Waals surface area contributed by atoms with Crippen LogP contribution in [0.1, 0.15) is 18.9 Å². The highest BCUT2D eigenvalue weighted by molar-refractivity contribution is 7.92. The Hall–Kier alpha value is -2.32. The minimum Gasteiger partial charge on any atom is -0.497 e. The fourth-order valence-electron chi connectivity index (χ4n) is 3.00. The van der Waals surface area contributed by atoms with Gasteiger partial charge in [0.1, 0.15) is 17.6 Å². The second-order valence-corrected chi connectivity index (χ2v) is 8.89. The van der Waals surface area contributed by atoms with E-state index in [1.807, 2.05) is 12.1 Å². The summed E-state index contributed by atoms with van der Waals surface area (Å²) >= 11 is 5.83. The molecule has 2 rings (SSSR count). The summed E-state index contributed by atoms with van der Waals surface area (Å²) in [5, 5.41) is -0.218. The number of sulfonamides is 1. The third kappa shape index (κ3) is 5.61. The number of rotatable bonds is 8. The Bertz CT molecular complexity index is 967. The average molecular weight is 443 g/mol. The van der Waals surface area contributed by atoms with Crippen molar-refractivity contribution < 1.29 is 22.3 Å². The van der Waals surface area contributed by atoms with E-state index >= 15 is 0 Å². The second-order valence-electron chi connectivity index (χ2n) is 6.62. The number of benzene rings is 2. The molecule has 2 aromatic rings. The molecule has 0 aliphatic rings. The van der Waals surface area contributed by atoms with Crippen LogP contribution in [0.3, 0.4) is 0 Å². The van der Waals surface area contributed by atoms with Gasteiger partial charge in [0.05, 0.1) is 24.1 Å². The Morgan fingerprint density at radius 2 is 1.83 bits per heavy atom. The summed E-state index contributed by atoms with van der Waals surface area (Å²) in [5.41, 5.74) is 1.00. The van der Waals surface area contributed by atoms with E-state index in [0.29, 0.717) is 12.3 Å². The van der Waals surface area contributed by atoms with Crippen LogP contribution in [-0.2, 0) is 21.4 Å². The number of carbonyl (C=O) groups excluding carboxylic acids is 1. The minimum atomic E-state index is -3.83. The molecule has 29 heavy (non-hydrogen) atoms. The number of hydrogen-bond acceptors (Lipinski definition) is 4. The number of halogens is 2. The molecule has 0 aromatic heterocycles. The number of ether oxygens (including phenoxy) is 1. The van der Waals surface area contributed by atoms with Crippen LogP contribution in [0, 0.1) is 5.82 Å². The Morgan fingerprint density at radius 1 is 1.21 bits per heavy atom. The summed E-state index contributed by atoms with van der Waals surface area (Å²) < 4.78 is 44.6. The summed E-state index contributed by atoms with van der Waals surface area (Å²) in [4.78, 5) is 14.6. The smallest absolute Gasteiger partial charge is 0.246 e. The SMILES string of the molecule is CC[C@@H](C(=O)N(C)Cc1ccc(OC)cc1)N(c1ccc(F)c(Cl)c1)S(C)(=O)=O. The molecule has 0 aliphatic carbocycles. The second kappa shape index (κ2) is 9.45. The molecular formula is C20H24ClFN2O4S. The fraction of sp³-hybridized carbons (Fsp3) is 0.350. The predicted molar refractivity (Wildman–Crippen MR) is 112 cm³/mol. The van der Waals surface area contributed by atoms with Crippen molar-refractivity contribution in [3.63, 3.8) is 0 Å². The van der Waals surface area contributed by atoms with Crippen molar-refractivity contribution in [1.82, 2.24) is 4.90 Å². The van der Waals surface area contributed by atoms with Gasteiger partial charge in [-0.05, 0) is 42.3 Å². The van der Waals surface area contributed by atoms with Gasteiger partial charge >= 0.3 is 0 Å². The van der Waals surface area contributed by atoms with Crippen LogP contribution < -0.4 is 9.04 Å². The topological polar surface area (TPSA) is 66.9 Å². The van der Waals surface area contributed by atoms with Crippen LogP contribution in [0.5, 0.6) is 5.75 Å². The molecular weight excluding hydrogens is 419 g/mol. The highest BCUT2D eigenvalue weighted by Gasteiger charge is 2.33. The summed E-state index contributed by atoms with van der Waals surface area (Å²) in [6.07, 6.45) is 1.23. The van der Waals surface area contributed by atoms with E-state index in [2.05, 4.69) is 0 Å². The lowest BCUT2D eigenvalue weighted by molar-refractivity contribution is -0.131. The van der Waals surface area contributed by atoms with Crippen LogP contribution in [-0.4, -0.2) is 45.7 Å². The molecule has 0 heterocycles. The van der Waals surface area contributed by atoms with Gasteiger partial charge in [-0.15, -0.1) is 0 Å². The number of carbonyl (C=O) groups is 1. The molecule has 0 radical (unpaired) electrons. The largest absolute Gasteiger partial charge is 0.497 e. The Kier molecular flexibility index (Phi) is 7.48. The molecule has 0 saturated heterocycles. The Balaban J connectivity index is 2.32. The van der Waals surface area contributed by atoms with Crippen LogP contribution >= 0.6 is 11.6 Å². The van der Waals surface area contributed by atoms with Crippen molar-refractivity contribution in [2.24, 2.45) is 0 Å². The van der Waals surface area contributed by atoms with E-state index in [-0.39, 0.29) is 23.0 Å². The molecule has 0 unspecified atom stereocenters. The summed E-state index contributed by atoms with van der Waals surface area (Å²) in [5.74, 6) is -0.348. The first-order valence-corrected chi connectivity index (χ1v) is 11.1. The van der Waals surface area contributed by atoms with E-state index in [9.17, 15) is 17.6 Å². The number of anilines is 1. The molecule has 2 aromatic carbocycles. The first kappa shape index (κ1) is 23.0. The van der Waals surface area contributed by atoms with Crippen molar-refractivity contribution >= 4 is 33.2 Å². The molecule has 158 valence electrons. The zero-order chi connectivity index (χ0) is 21.8. The highest BCUT2D eigenvalue weighted by Crippen LogP contribution is 2.28. The van der Waals surface area contributed by atoms with Crippen molar-refractivity contribution in [2.45, 2.75) is 25.9 Å². The van der Waals surface area contributed by atoms with Gasteiger partial charge in [-0.1, -0.05) is 30.7 Å². The van der Waals surface area contributed by atoms with Crippen molar-refractivity contribution in [2.75, 3.05) is 24.7 Å². The van der Waals surface area contributed by atoms with Gasteiger partial charge in [0.25, 0.3) is 0 Å². The maximum atomic E-state index is 13.5. The van der Waals surface area contributed by atoms with Crippen LogP contribution in [0.15, 0.2) is 42.5 Å². The first-order valence-electron chi connectivity index (χ1n) is 8.90. The number of methoxy groups -OCH3 is 1. The van der Waals surface area contributed by atoms with Crippen LogP contribution in [0.2, 0.25) is 5.02 Å². The number of likely N-dealkylation sites (N-methyl/N-ethyl adjacent to an activating group) is 1. The highest BCUT2D eigenvalue weighted by atomic mass is 35.5. The lowest BCUT2D eigenvalue weighted by Crippen LogP contribution is -2.49. The van der Waals surface area contributed by atoms with Gasteiger partial charge in [0.15, 0.2) is 0 Å². The van der Waals surface area contributed by atoms with Crippen molar-refractivity contribution in [1.29, 1.82) is 0 Å². The molecule has 6 nitrogen and oxygen atoms in total. The molecule has 0 N–H and O–H groups in total. The van der Waals surface area contributed by atoms with Gasteiger partial charge in [-0.25, -0.2) is 12.8 Å². The quantitative estimate of drug-likeness (QED) is 0.625. The third-order valence-electron chi connectivity index (χ3n) is 4.42. The third-order valence-corrected chi connectivity index (χ3v) is 5.89. The van der Waals surface area contributed by atoms with Gasteiger partial charge < -0.3 is 9.64 Å². The van der Waals surface area contributed by atoms with E-state index < -0.39 is 21.9 Å². The van der Waals surface area contributed by atoms with Crippen molar-refractivity contribution in [3.05, 3.63) is 58.9 Å². The van der Waals surface area contributed by atoms with E-state index in [4.69, 9.17) is 16.3 Å². The molecule has 9 heteroatoms. The minimum absolute atomic E-state index is 0.136. The average Bonchev–Trinajstić information content (AvgIpc) is 2.67. The molecule has 0 bridgehead atoms. The zero-order valence-corrected chi connectivity index (χ0v) is 18.3. The summed E-state index contributed by atoms with van der Waals surface area (Å²) in [7, 11) is -0.659. The molecule has 0 saturated carbocycles. The fourth-order valence-corrected chi connectivity index (χ4v) is 4.38. The number of amides is 1. The maximum Gasteiger partial charge on any atom is 0.246 e. The summed E-state index contributed by atoms with van der Waals surface area (Å²) in [6, 6.07) is 9.82. The molecule has 1 amide bonds. The monoisotopic (exact) mass is 442 g/mol. The van der Waals surface area contributed by atoms with E-state index in [1.165, 1.54) is 17.0 Å². The zero-order valence-electron chi connectivity index (χ0n) is 16.7. The molecule has 0 fully saturated rings. The van der Waals surface area contributed by atoms with E-state index in [0.717, 1.165) is 22.2 Å². The Labute approximate surface area is 175 Å². The Morgan fingerprint density at radius 3 is 2.31 bits per heavy atom. The van der Waals surface area contributed by atoms with Crippen LogP contribution in [0.4, 0.5) is 10.1 Å². The summed E-state index contributed by atoms with van der Waals surface area (Å²) in [6.45, 7) is 2.01.